The van der Waals surface area contributed by atoms with E-state index in [0.717, 1.165) is 16.7 Å². The molecule has 0 fully saturated rings. The van der Waals surface area contributed by atoms with Crippen molar-refractivity contribution in [3.05, 3.63) is 77.0 Å². The van der Waals surface area contributed by atoms with Crippen molar-refractivity contribution in [2.45, 2.75) is 84.6 Å². The van der Waals surface area contributed by atoms with Crippen molar-refractivity contribution in [1.29, 1.82) is 0 Å². The predicted molar refractivity (Wildman–Crippen MR) is 192 cm³/mol. The number of carbonyl (C=O) groups is 4. The number of allylic oxidation sites excluding steroid dienone is 3. The fourth-order valence-electron chi connectivity index (χ4n) is 5.28. The van der Waals surface area contributed by atoms with Gasteiger partial charge < -0.3 is 34.7 Å². The number of nitrogens with one attached hydrogen (secondary N) is 2. The molecule has 1 aliphatic carbocycles. The summed E-state index contributed by atoms with van der Waals surface area (Å²) in [5.74, 6) is -2.38. The summed E-state index contributed by atoms with van der Waals surface area (Å²) in [4.78, 5) is 51.1. The van der Waals surface area contributed by atoms with E-state index in [0.29, 0.717) is 23.7 Å². The van der Waals surface area contributed by atoms with Crippen LogP contribution in [-0.2, 0) is 30.8 Å². The fraction of sp³-hybridized carbons (Fsp3) is 0.486. The number of ether oxygens (including phenoxy) is 4. The molecule has 1 aliphatic rings. The topological polar surface area (TPSA) is 167 Å². The average Bonchev–Trinajstić information content (AvgIpc) is 3.42. The second kappa shape index (κ2) is 18.6. The number of aryl methyl sites for hydroxylation is 1. The molecular weight excluding hydrogens is 680 g/mol. The van der Waals surface area contributed by atoms with E-state index >= 15 is 0 Å². The maximum Gasteiger partial charge on any atom is 0.408 e. The lowest BCUT2D eigenvalue weighted by Crippen LogP contribution is -2.47. The van der Waals surface area contributed by atoms with Gasteiger partial charge in [-0.05, 0) is 68.7 Å². The molecule has 0 bridgehead atoms. The van der Waals surface area contributed by atoms with Gasteiger partial charge in [0.25, 0.3) is 5.91 Å². The number of aliphatic hydroxyl groups excluding tert-OH is 1. The van der Waals surface area contributed by atoms with Crippen LogP contribution in [0.2, 0.25) is 5.02 Å². The smallest absolute Gasteiger partial charge is 0.408 e. The number of rotatable bonds is 16. The largest absolute Gasteiger partial charge is 0.474 e. The number of aliphatic hydroxyl groups is 1. The van der Waals surface area contributed by atoms with Gasteiger partial charge in [-0.25, -0.2) is 19.1 Å². The molecule has 1 heterocycles. The lowest BCUT2D eigenvalue weighted by molar-refractivity contribution is -0.175. The highest BCUT2D eigenvalue weighted by atomic mass is 35.5. The number of amides is 2. The number of hydrogen-bond acceptors (Lipinski definition) is 10. The third-order valence-corrected chi connectivity index (χ3v) is 8.10. The zero-order chi connectivity index (χ0) is 37.9. The summed E-state index contributed by atoms with van der Waals surface area (Å²) < 4.78 is 22.3. The van der Waals surface area contributed by atoms with Crippen LogP contribution < -0.4 is 15.4 Å². The average molecular weight is 729 g/mol. The van der Waals surface area contributed by atoms with Gasteiger partial charge in [-0.3, -0.25) is 4.79 Å². The summed E-state index contributed by atoms with van der Waals surface area (Å²) in [5, 5.41) is 21.1. The first-order valence-corrected chi connectivity index (χ1v) is 17.1. The van der Waals surface area contributed by atoms with Gasteiger partial charge >= 0.3 is 18.0 Å². The number of aromatic nitrogens is 2. The van der Waals surface area contributed by atoms with Gasteiger partial charge in [-0.15, -0.1) is 0 Å². The Balaban J connectivity index is 1.70. The number of esters is 2. The number of nitrogens with zero attached hydrogens (tertiary/aromatic N) is 2. The van der Waals surface area contributed by atoms with E-state index in [-0.39, 0.29) is 30.6 Å². The van der Waals surface area contributed by atoms with Crippen LogP contribution >= 0.6 is 11.6 Å². The van der Waals surface area contributed by atoms with E-state index in [1.54, 1.807) is 47.7 Å². The Bertz CT molecular complexity index is 1630. The maximum atomic E-state index is 13.4. The molecular formula is C37H49ClN4O9. The van der Waals surface area contributed by atoms with Crippen LogP contribution in [0.3, 0.4) is 0 Å². The van der Waals surface area contributed by atoms with Gasteiger partial charge in [0.1, 0.15) is 18.2 Å². The molecule has 4 atom stereocenters. The Labute approximate surface area is 304 Å². The molecule has 51 heavy (non-hydrogen) atoms. The number of halogens is 1. The van der Waals surface area contributed by atoms with Crippen molar-refractivity contribution >= 4 is 41.1 Å². The second-order valence-electron chi connectivity index (χ2n) is 13.7. The Morgan fingerprint density at radius 1 is 1.12 bits per heavy atom. The first-order chi connectivity index (χ1) is 24.0. The van der Waals surface area contributed by atoms with Crippen molar-refractivity contribution in [2.24, 2.45) is 18.9 Å². The summed E-state index contributed by atoms with van der Waals surface area (Å²) >= 11 is 6.21. The number of benzene rings is 1. The van der Waals surface area contributed by atoms with E-state index < -0.39 is 54.5 Å². The van der Waals surface area contributed by atoms with Crippen LogP contribution in [0.1, 0.15) is 76.9 Å². The third kappa shape index (κ3) is 12.9. The molecule has 1 aromatic heterocycles. The Morgan fingerprint density at radius 2 is 1.82 bits per heavy atom. The molecule has 0 aliphatic heterocycles. The minimum Gasteiger partial charge on any atom is -0.474 e. The molecule has 0 saturated heterocycles. The fourth-order valence-corrected chi connectivity index (χ4v) is 5.47. The summed E-state index contributed by atoms with van der Waals surface area (Å²) in [6, 6.07) is 7.30. The highest BCUT2D eigenvalue weighted by Gasteiger charge is 2.30. The monoisotopic (exact) mass is 728 g/mol. The Kier molecular flexibility index (Phi) is 14.9. The first kappa shape index (κ1) is 40.8. The van der Waals surface area contributed by atoms with Crippen LogP contribution in [0.15, 0.2) is 60.7 Å². The highest BCUT2D eigenvalue weighted by molar-refractivity contribution is 6.30. The SMILES string of the molecule is C=CCOc1cc(C(=O)N[C@H](CC2=CC=C(c3cccc(Cl)c3)CC2C)C[C@@H](O)C(=O)OCOC(=O)[C@@H](NC(=O)OC(C)(C)C)C(C)C)nn1C. The summed E-state index contributed by atoms with van der Waals surface area (Å²) in [6.45, 7) is 13.6. The Morgan fingerprint density at radius 3 is 2.45 bits per heavy atom. The van der Waals surface area contributed by atoms with Crippen LogP contribution in [0.4, 0.5) is 4.79 Å². The highest BCUT2D eigenvalue weighted by Crippen LogP contribution is 2.34. The van der Waals surface area contributed by atoms with Crippen molar-refractivity contribution in [2.75, 3.05) is 13.4 Å². The third-order valence-electron chi connectivity index (χ3n) is 7.86. The van der Waals surface area contributed by atoms with Crippen LogP contribution in [-0.4, -0.2) is 76.0 Å². The maximum absolute atomic E-state index is 13.4. The van der Waals surface area contributed by atoms with Gasteiger partial charge in [0.05, 0.1) is 0 Å². The lowest BCUT2D eigenvalue weighted by atomic mass is 9.82. The van der Waals surface area contributed by atoms with E-state index in [4.69, 9.17) is 30.5 Å². The first-order valence-electron chi connectivity index (χ1n) is 16.7. The van der Waals surface area contributed by atoms with E-state index in [2.05, 4.69) is 29.2 Å². The number of hydrogen-bond donors (Lipinski definition) is 3. The molecule has 13 nitrogen and oxygen atoms in total. The molecule has 0 spiro atoms. The quantitative estimate of drug-likeness (QED) is 0.114. The zero-order valence-electron chi connectivity index (χ0n) is 30.2. The van der Waals surface area contributed by atoms with Crippen molar-refractivity contribution in [3.63, 3.8) is 0 Å². The predicted octanol–water partition coefficient (Wildman–Crippen LogP) is 5.52. The van der Waals surface area contributed by atoms with Gasteiger partial charge in [0.15, 0.2) is 11.8 Å². The minimum absolute atomic E-state index is 0.0730. The summed E-state index contributed by atoms with van der Waals surface area (Å²) in [7, 11) is 1.63. The van der Waals surface area contributed by atoms with Gasteiger partial charge in [-0.1, -0.05) is 74.9 Å². The molecule has 3 N–H and O–H groups in total. The summed E-state index contributed by atoms with van der Waals surface area (Å²) in [6.07, 6.45) is 3.88. The van der Waals surface area contributed by atoms with E-state index in [9.17, 15) is 24.3 Å². The Hall–Kier alpha value is -4.62. The lowest BCUT2D eigenvalue weighted by Gasteiger charge is -2.27. The van der Waals surface area contributed by atoms with E-state index in [1.165, 1.54) is 10.7 Å². The molecule has 3 rings (SSSR count). The molecule has 0 radical (unpaired) electrons. The van der Waals surface area contributed by atoms with Gasteiger partial charge in [0.2, 0.25) is 12.7 Å². The molecule has 2 aromatic rings. The van der Waals surface area contributed by atoms with E-state index in [1.807, 2.05) is 36.4 Å². The molecule has 1 aromatic carbocycles. The minimum atomic E-state index is -1.68. The van der Waals surface area contributed by atoms with Crippen LogP contribution in [0.5, 0.6) is 5.88 Å². The van der Waals surface area contributed by atoms with Crippen molar-refractivity contribution in [3.8, 4) is 5.88 Å². The molecule has 1 unspecified atom stereocenters. The van der Waals surface area contributed by atoms with Crippen LogP contribution in [0, 0.1) is 11.8 Å². The van der Waals surface area contributed by atoms with Crippen LogP contribution in [0.25, 0.3) is 5.57 Å². The second-order valence-corrected chi connectivity index (χ2v) is 14.1. The molecule has 278 valence electrons. The molecule has 14 heteroatoms. The number of alkyl carbamates (subject to hydrolysis) is 1. The molecule has 0 saturated carbocycles. The van der Waals surface area contributed by atoms with Gasteiger partial charge in [-0.2, -0.15) is 5.10 Å². The summed E-state index contributed by atoms with van der Waals surface area (Å²) in [5.41, 5.74) is 2.42. The molecule has 2 amide bonds. The van der Waals surface area contributed by atoms with Gasteiger partial charge in [0, 0.05) is 30.6 Å². The zero-order valence-corrected chi connectivity index (χ0v) is 31.0. The number of carbonyl (C=O) groups excluding carboxylic acids is 4. The van der Waals surface area contributed by atoms with Crippen molar-refractivity contribution in [1.82, 2.24) is 20.4 Å². The standard InChI is InChI=1S/C37H49ClN4O9/c1-9-15-48-31-20-29(41-42(31)8)33(44)39-28(18-24-13-14-26(16-23(24)4)25-11-10-12-27(38)17-25)19-30(43)34(45)49-21-50-35(46)32(22(2)3)40-36(47)51-37(5,6)7/h9-14,17,20,22-23,28,30,32,43H,1,15-16,18-19,21H2,2-8H3,(H,39,44)(H,40,47)/t23?,28-,30-,32+/m1/s1. The van der Waals surface area contributed by atoms with Crippen molar-refractivity contribution < 1.29 is 43.2 Å². The normalized spacial score (nSPS) is 16.2.